The fourth-order valence-corrected chi connectivity index (χ4v) is 1.59. The van der Waals surface area contributed by atoms with Crippen molar-refractivity contribution in [3.05, 3.63) is 35.9 Å². The molecule has 1 heterocycles. The predicted molar refractivity (Wildman–Crippen MR) is 50.1 cm³/mol. The molecule has 0 aliphatic carbocycles. The molecular formula is C10H12F2N2. The van der Waals surface area contributed by atoms with Crippen LogP contribution >= 0.6 is 0 Å². The fourth-order valence-electron chi connectivity index (χ4n) is 1.59. The zero-order valence-corrected chi connectivity index (χ0v) is 7.63. The molecule has 0 bridgehead atoms. The molecule has 2 nitrogen and oxygen atoms in total. The predicted octanol–water partition coefficient (Wildman–Crippen LogP) is 1.30. The van der Waals surface area contributed by atoms with Gasteiger partial charge < -0.3 is 0 Å². The summed E-state index contributed by atoms with van der Waals surface area (Å²) >= 11 is 0. The minimum atomic E-state index is -2.85. The fraction of sp³-hybridized carbons (Fsp3) is 0.400. The lowest BCUT2D eigenvalue weighted by Gasteiger charge is -2.23. The third-order valence-electron chi connectivity index (χ3n) is 2.34. The van der Waals surface area contributed by atoms with E-state index in [2.05, 4.69) is 10.6 Å². The van der Waals surface area contributed by atoms with Crippen LogP contribution in [0.5, 0.6) is 0 Å². The number of hydrogen-bond acceptors (Lipinski definition) is 2. The van der Waals surface area contributed by atoms with Crippen LogP contribution < -0.4 is 10.6 Å². The van der Waals surface area contributed by atoms with Gasteiger partial charge in [-0.25, -0.2) is 0 Å². The SMILES string of the molecule is FC(F)(c1ccccc1)C1NCCN1. The number of hydrogen-bond donors (Lipinski definition) is 2. The molecule has 0 spiro atoms. The molecule has 1 aromatic carbocycles. The second-order valence-electron chi connectivity index (χ2n) is 3.33. The van der Waals surface area contributed by atoms with Crippen molar-refractivity contribution in [3.63, 3.8) is 0 Å². The van der Waals surface area contributed by atoms with Gasteiger partial charge >= 0.3 is 5.92 Å². The molecule has 0 radical (unpaired) electrons. The number of halogens is 2. The van der Waals surface area contributed by atoms with Gasteiger partial charge in [0.15, 0.2) is 0 Å². The van der Waals surface area contributed by atoms with E-state index >= 15 is 0 Å². The Morgan fingerprint density at radius 2 is 1.64 bits per heavy atom. The van der Waals surface area contributed by atoms with Gasteiger partial charge in [-0.1, -0.05) is 30.3 Å². The summed E-state index contributed by atoms with van der Waals surface area (Å²) in [5.74, 6) is -2.85. The first-order valence-corrected chi connectivity index (χ1v) is 4.61. The number of benzene rings is 1. The van der Waals surface area contributed by atoms with E-state index in [0.717, 1.165) is 0 Å². The Balaban J connectivity index is 2.22. The van der Waals surface area contributed by atoms with Crippen LogP contribution in [0.15, 0.2) is 30.3 Å². The standard InChI is InChI=1S/C10H12F2N2/c11-10(12,9-13-6-7-14-9)8-4-2-1-3-5-8/h1-5,9,13-14H,6-7H2. The Labute approximate surface area is 81.3 Å². The summed E-state index contributed by atoms with van der Waals surface area (Å²) in [6.07, 6.45) is -0.940. The van der Waals surface area contributed by atoms with Crippen molar-refractivity contribution in [2.24, 2.45) is 0 Å². The number of alkyl halides is 2. The summed E-state index contributed by atoms with van der Waals surface area (Å²) in [6, 6.07) is 7.87. The Hall–Kier alpha value is -1.00. The van der Waals surface area contributed by atoms with Crippen molar-refractivity contribution in [2.45, 2.75) is 12.1 Å². The van der Waals surface area contributed by atoms with E-state index < -0.39 is 12.1 Å². The smallest absolute Gasteiger partial charge is 0.295 e. The third kappa shape index (κ3) is 1.63. The topological polar surface area (TPSA) is 24.1 Å². The molecule has 0 saturated carbocycles. The van der Waals surface area contributed by atoms with E-state index in [1.54, 1.807) is 18.2 Å². The van der Waals surface area contributed by atoms with Crippen molar-refractivity contribution in [1.82, 2.24) is 10.6 Å². The maximum Gasteiger partial charge on any atom is 0.301 e. The molecule has 0 unspecified atom stereocenters. The van der Waals surface area contributed by atoms with E-state index in [0.29, 0.717) is 13.1 Å². The third-order valence-corrected chi connectivity index (χ3v) is 2.34. The Morgan fingerprint density at radius 3 is 2.21 bits per heavy atom. The monoisotopic (exact) mass is 198 g/mol. The lowest BCUT2D eigenvalue weighted by atomic mass is 10.1. The normalized spacial score (nSPS) is 18.7. The second-order valence-corrected chi connectivity index (χ2v) is 3.33. The maximum absolute atomic E-state index is 13.7. The van der Waals surface area contributed by atoms with E-state index in [9.17, 15) is 8.78 Å². The van der Waals surface area contributed by atoms with Crippen LogP contribution in [0, 0.1) is 0 Å². The van der Waals surface area contributed by atoms with Crippen molar-refractivity contribution in [2.75, 3.05) is 13.1 Å². The van der Waals surface area contributed by atoms with Crippen LogP contribution in [0.1, 0.15) is 5.56 Å². The van der Waals surface area contributed by atoms with Crippen LogP contribution in [0.25, 0.3) is 0 Å². The van der Waals surface area contributed by atoms with Gasteiger partial charge in [0, 0.05) is 18.7 Å². The molecule has 1 aromatic rings. The number of nitrogens with one attached hydrogen (secondary N) is 2. The Morgan fingerprint density at radius 1 is 1.07 bits per heavy atom. The van der Waals surface area contributed by atoms with Crippen LogP contribution in [-0.2, 0) is 5.92 Å². The van der Waals surface area contributed by atoms with E-state index in [1.165, 1.54) is 12.1 Å². The first kappa shape index (κ1) is 9.55. The van der Waals surface area contributed by atoms with Crippen molar-refractivity contribution < 1.29 is 8.78 Å². The van der Waals surface area contributed by atoms with Crippen LogP contribution in [0.3, 0.4) is 0 Å². The molecule has 0 amide bonds. The zero-order chi connectivity index (χ0) is 10.0. The molecule has 76 valence electrons. The summed E-state index contributed by atoms with van der Waals surface area (Å²) in [4.78, 5) is 0. The minimum Gasteiger partial charge on any atom is -0.295 e. The van der Waals surface area contributed by atoms with Crippen molar-refractivity contribution in [3.8, 4) is 0 Å². The Bertz CT molecular complexity index is 294. The van der Waals surface area contributed by atoms with E-state index in [4.69, 9.17) is 0 Å². The molecule has 1 aliphatic heterocycles. The van der Waals surface area contributed by atoms with Crippen molar-refractivity contribution >= 4 is 0 Å². The largest absolute Gasteiger partial charge is 0.301 e. The maximum atomic E-state index is 13.7. The van der Waals surface area contributed by atoms with Crippen LogP contribution in [0.4, 0.5) is 8.78 Å². The summed E-state index contributed by atoms with van der Waals surface area (Å²) in [5, 5.41) is 5.47. The van der Waals surface area contributed by atoms with Gasteiger partial charge in [-0.05, 0) is 0 Å². The van der Waals surface area contributed by atoms with Gasteiger partial charge in [0.2, 0.25) is 0 Å². The zero-order valence-electron chi connectivity index (χ0n) is 7.63. The van der Waals surface area contributed by atoms with Gasteiger partial charge in [-0.2, -0.15) is 8.78 Å². The quantitative estimate of drug-likeness (QED) is 0.748. The van der Waals surface area contributed by atoms with Crippen LogP contribution in [0.2, 0.25) is 0 Å². The highest BCUT2D eigenvalue weighted by Crippen LogP contribution is 2.31. The molecule has 0 aromatic heterocycles. The molecule has 0 atom stereocenters. The molecule has 2 rings (SSSR count). The van der Waals surface area contributed by atoms with Gasteiger partial charge in [0.05, 0.1) is 0 Å². The summed E-state index contributed by atoms with van der Waals surface area (Å²) in [6.45, 7) is 1.18. The lowest BCUT2D eigenvalue weighted by Crippen LogP contribution is -2.45. The summed E-state index contributed by atoms with van der Waals surface area (Å²) in [5.41, 5.74) is 0.0481. The molecule has 14 heavy (non-hydrogen) atoms. The van der Waals surface area contributed by atoms with Crippen molar-refractivity contribution in [1.29, 1.82) is 0 Å². The van der Waals surface area contributed by atoms with Gasteiger partial charge in [0.25, 0.3) is 0 Å². The summed E-state index contributed by atoms with van der Waals surface area (Å²) in [7, 11) is 0. The number of rotatable bonds is 2. The first-order valence-electron chi connectivity index (χ1n) is 4.61. The summed E-state index contributed by atoms with van der Waals surface area (Å²) < 4.78 is 27.5. The van der Waals surface area contributed by atoms with E-state index in [1.807, 2.05) is 0 Å². The van der Waals surface area contributed by atoms with E-state index in [-0.39, 0.29) is 5.56 Å². The van der Waals surface area contributed by atoms with Gasteiger partial charge in [0.1, 0.15) is 6.17 Å². The highest BCUT2D eigenvalue weighted by Gasteiger charge is 2.42. The molecule has 1 aliphatic rings. The molecule has 2 N–H and O–H groups in total. The van der Waals surface area contributed by atoms with Crippen LogP contribution in [-0.4, -0.2) is 19.3 Å². The second kappa shape index (κ2) is 3.63. The molecule has 1 saturated heterocycles. The molecule has 4 heteroatoms. The average Bonchev–Trinajstić information content (AvgIpc) is 2.72. The first-order chi connectivity index (χ1) is 6.71. The molecule has 1 fully saturated rings. The van der Waals surface area contributed by atoms with Gasteiger partial charge in [-0.15, -0.1) is 0 Å². The van der Waals surface area contributed by atoms with Gasteiger partial charge in [-0.3, -0.25) is 10.6 Å². The molecular weight excluding hydrogens is 186 g/mol. The minimum absolute atomic E-state index is 0.0481. The highest BCUT2D eigenvalue weighted by atomic mass is 19.3. The lowest BCUT2D eigenvalue weighted by molar-refractivity contribution is -0.0447. The highest BCUT2D eigenvalue weighted by molar-refractivity contribution is 5.22. The average molecular weight is 198 g/mol. The Kier molecular flexibility index (Phi) is 2.48.